The Morgan fingerprint density at radius 3 is 2.64 bits per heavy atom. The van der Waals surface area contributed by atoms with Gasteiger partial charge in [0.2, 0.25) is 5.91 Å². The molecule has 25 heavy (non-hydrogen) atoms. The Morgan fingerprint density at radius 2 is 2.04 bits per heavy atom. The third-order valence-corrected chi connectivity index (χ3v) is 4.64. The number of anilines is 2. The normalized spacial score (nSPS) is 15.4. The maximum Gasteiger partial charge on any atom is 0.238 e. The van der Waals surface area contributed by atoms with E-state index in [0.717, 1.165) is 43.3 Å². The van der Waals surface area contributed by atoms with Crippen LogP contribution in [0.3, 0.4) is 0 Å². The quantitative estimate of drug-likeness (QED) is 0.874. The molecule has 0 radical (unpaired) electrons. The molecule has 134 valence electrons. The van der Waals surface area contributed by atoms with E-state index in [4.69, 9.17) is 11.6 Å². The molecule has 0 unspecified atom stereocenters. The number of halogens is 2. The largest absolute Gasteiger partial charge is 0.366 e. The van der Waals surface area contributed by atoms with E-state index in [1.807, 2.05) is 13.8 Å². The Balaban J connectivity index is 1.51. The SMILES string of the molecule is Cc1n[nH]c(C)c1N1CCN(CC(=O)Nc2ccc(F)c(Cl)c2)CC1. The van der Waals surface area contributed by atoms with Crippen LogP contribution in [0.1, 0.15) is 11.4 Å². The number of hydrogen-bond donors (Lipinski definition) is 2. The van der Waals surface area contributed by atoms with Gasteiger partial charge in [-0.05, 0) is 32.0 Å². The highest BCUT2D eigenvalue weighted by Gasteiger charge is 2.22. The molecule has 1 aromatic carbocycles. The fourth-order valence-corrected chi connectivity index (χ4v) is 3.30. The summed E-state index contributed by atoms with van der Waals surface area (Å²) in [4.78, 5) is 16.6. The molecular formula is C17H21ClFN5O. The van der Waals surface area contributed by atoms with Crippen LogP contribution in [0.4, 0.5) is 15.8 Å². The minimum absolute atomic E-state index is 0.00253. The zero-order chi connectivity index (χ0) is 18.0. The molecular weight excluding hydrogens is 345 g/mol. The van der Waals surface area contributed by atoms with Crippen molar-refractivity contribution in [3.63, 3.8) is 0 Å². The lowest BCUT2D eigenvalue weighted by atomic mass is 10.2. The number of piperazine rings is 1. The summed E-state index contributed by atoms with van der Waals surface area (Å²) >= 11 is 5.73. The van der Waals surface area contributed by atoms with Crippen LogP contribution in [0.5, 0.6) is 0 Å². The van der Waals surface area contributed by atoms with E-state index in [-0.39, 0.29) is 10.9 Å². The third kappa shape index (κ3) is 4.11. The standard InChI is InChI=1S/C17H21ClFN5O/c1-11-17(12(2)22-21-11)24-7-5-23(6-8-24)10-16(25)20-13-3-4-15(19)14(18)9-13/h3-4,9H,5-8,10H2,1-2H3,(H,20,25)(H,21,22). The molecule has 3 rings (SSSR count). The maximum atomic E-state index is 13.2. The Morgan fingerprint density at radius 1 is 1.32 bits per heavy atom. The summed E-state index contributed by atoms with van der Waals surface area (Å²) in [7, 11) is 0. The predicted octanol–water partition coefficient (Wildman–Crippen LogP) is 2.58. The van der Waals surface area contributed by atoms with Gasteiger partial charge >= 0.3 is 0 Å². The van der Waals surface area contributed by atoms with Crippen LogP contribution < -0.4 is 10.2 Å². The first-order chi connectivity index (χ1) is 11.9. The van der Waals surface area contributed by atoms with Crippen molar-refractivity contribution in [2.45, 2.75) is 13.8 Å². The highest BCUT2D eigenvalue weighted by molar-refractivity contribution is 6.31. The average Bonchev–Trinajstić information content (AvgIpc) is 2.91. The molecule has 6 nitrogen and oxygen atoms in total. The molecule has 0 aliphatic carbocycles. The minimum atomic E-state index is -0.499. The molecule has 0 saturated carbocycles. The number of carbonyl (C=O) groups excluding carboxylic acids is 1. The van der Waals surface area contributed by atoms with Crippen molar-refractivity contribution in [3.8, 4) is 0 Å². The first-order valence-corrected chi connectivity index (χ1v) is 8.55. The molecule has 1 aromatic heterocycles. The van der Waals surface area contributed by atoms with E-state index >= 15 is 0 Å². The fourth-order valence-electron chi connectivity index (χ4n) is 3.12. The van der Waals surface area contributed by atoms with Crippen LogP contribution in [0.15, 0.2) is 18.2 Å². The molecule has 0 bridgehead atoms. The molecule has 1 aliphatic heterocycles. The number of H-pyrrole nitrogens is 1. The van der Waals surface area contributed by atoms with Gasteiger partial charge < -0.3 is 10.2 Å². The van der Waals surface area contributed by atoms with Gasteiger partial charge in [0.1, 0.15) is 5.82 Å². The molecule has 1 saturated heterocycles. The van der Waals surface area contributed by atoms with E-state index in [9.17, 15) is 9.18 Å². The van der Waals surface area contributed by atoms with Crippen LogP contribution in [0.2, 0.25) is 5.02 Å². The van der Waals surface area contributed by atoms with E-state index in [1.54, 1.807) is 0 Å². The van der Waals surface area contributed by atoms with Crippen molar-refractivity contribution in [3.05, 3.63) is 40.4 Å². The number of rotatable bonds is 4. The summed E-state index contributed by atoms with van der Waals surface area (Å²) < 4.78 is 13.2. The summed E-state index contributed by atoms with van der Waals surface area (Å²) in [5.74, 6) is -0.632. The highest BCUT2D eigenvalue weighted by Crippen LogP contribution is 2.23. The van der Waals surface area contributed by atoms with Gasteiger partial charge in [0.05, 0.1) is 28.6 Å². The molecule has 2 aromatic rings. The lowest BCUT2D eigenvalue weighted by molar-refractivity contribution is -0.117. The zero-order valence-electron chi connectivity index (χ0n) is 14.3. The first kappa shape index (κ1) is 17.7. The molecule has 2 N–H and O–H groups in total. The Hall–Kier alpha value is -2.12. The Labute approximate surface area is 150 Å². The third-order valence-electron chi connectivity index (χ3n) is 4.35. The highest BCUT2D eigenvalue weighted by atomic mass is 35.5. The summed E-state index contributed by atoms with van der Waals surface area (Å²) in [5, 5.41) is 9.99. The lowest BCUT2D eigenvalue weighted by Gasteiger charge is -2.35. The van der Waals surface area contributed by atoms with Crippen molar-refractivity contribution in [2.24, 2.45) is 0 Å². The second-order valence-electron chi connectivity index (χ2n) is 6.22. The van der Waals surface area contributed by atoms with Crippen LogP contribution >= 0.6 is 11.6 Å². The summed E-state index contributed by atoms with van der Waals surface area (Å²) in [6, 6.07) is 4.16. The number of aryl methyl sites for hydroxylation is 2. The summed E-state index contributed by atoms with van der Waals surface area (Å²) in [6.45, 7) is 7.58. The van der Waals surface area contributed by atoms with Crippen LogP contribution in [0, 0.1) is 19.7 Å². The maximum absolute atomic E-state index is 13.2. The minimum Gasteiger partial charge on any atom is -0.366 e. The molecule has 1 fully saturated rings. The molecule has 8 heteroatoms. The van der Waals surface area contributed by atoms with Crippen molar-refractivity contribution in [2.75, 3.05) is 42.9 Å². The second-order valence-corrected chi connectivity index (χ2v) is 6.63. The topological polar surface area (TPSA) is 64.3 Å². The fraction of sp³-hybridized carbons (Fsp3) is 0.412. The Kier molecular flexibility index (Phi) is 5.24. The number of benzene rings is 1. The van der Waals surface area contributed by atoms with Crippen molar-refractivity contribution in [1.82, 2.24) is 15.1 Å². The summed E-state index contributed by atoms with van der Waals surface area (Å²) in [6.07, 6.45) is 0. The van der Waals surface area contributed by atoms with Crippen molar-refractivity contribution >= 4 is 28.9 Å². The number of aromatic amines is 1. The van der Waals surface area contributed by atoms with E-state index in [2.05, 4.69) is 25.3 Å². The average molecular weight is 366 g/mol. The van der Waals surface area contributed by atoms with Gasteiger partial charge in [-0.3, -0.25) is 14.8 Å². The van der Waals surface area contributed by atoms with Crippen molar-refractivity contribution in [1.29, 1.82) is 0 Å². The molecule has 0 atom stereocenters. The van der Waals surface area contributed by atoms with Crippen LogP contribution in [0.25, 0.3) is 0 Å². The van der Waals surface area contributed by atoms with E-state index < -0.39 is 5.82 Å². The number of carbonyl (C=O) groups is 1. The van der Waals surface area contributed by atoms with Crippen LogP contribution in [-0.4, -0.2) is 53.7 Å². The van der Waals surface area contributed by atoms with Gasteiger partial charge in [0.25, 0.3) is 0 Å². The van der Waals surface area contributed by atoms with Gasteiger partial charge in [0, 0.05) is 31.9 Å². The zero-order valence-corrected chi connectivity index (χ0v) is 15.0. The van der Waals surface area contributed by atoms with Gasteiger partial charge in [-0.2, -0.15) is 5.10 Å². The molecule has 1 amide bonds. The molecule has 2 heterocycles. The van der Waals surface area contributed by atoms with E-state index in [1.165, 1.54) is 18.2 Å². The smallest absolute Gasteiger partial charge is 0.238 e. The summed E-state index contributed by atoms with van der Waals surface area (Å²) in [5.41, 5.74) is 3.72. The predicted molar refractivity (Wildman–Crippen MR) is 96.8 cm³/mol. The number of hydrogen-bond acceptors (Lipinski definition) is 4. The number of nitrogens with zero attached hydrogens (tertiary/aromatic N) is 3. The van der Waals surface area contributed by atoms with Crippen LogP contribution in [-0.2, 0) is 4.79 Å². The Bertz CT molecular complexity index is 751. The monoisotopic (exact) mass is 365 g/mol. The van der Waals surface area contributed by atoms with Gasteiger partial charge in [-0.25, -0.2) is 4.39 Å². The number of aromatic nitrogens is 2. The van der Waals surface area contributed by atoms with Gasteiger partial charge in [-0.15, -0.1) is 0 Å². The first-order valence-electron chi connectivity index (χ1n) is 8.18. The van der Waals surface area contributed by atoms with Gasteiger partial charge in [0.15, 0.2) is 0 Å². The second kappa shape index (κ2) is 7.41. The lowest BCUT2D eigenvalue weighted by Crippen LogP contribution is -2.49. The molecule has 1 aliphatic rings. The van der Waals surface area contributed by atoms with Crippen molar-refractivity contribution < 1.29 is 9.18 Å². The number of amides is 1. The van der Waals surface area contributed by atoms with E-state index in [0.29, 0.717) is 12.2 Å². The number of nitrogens with one attached hydrogen (secondary N) is 2. The molecule has 0 spiro atoms. The van der Waals surface area contributed by atoms with Gasteiger partial charge in [-0.1, -0.05) is 11.6 Å².